The molecule has 0 saturated carbocycles. The summed E-state index contributed by atoms with van der Waals surface area (Å²) in [7, 11) is 3.88. The molecule has 0 aliphatic carbocycles. The molecular formula is C15H20N4O2. The highest BCUT2D eigenvalue weighted by Crippen LogP contribution is 2.17. The van der Waals surface area contributed by atoms with E-state index in [4.69, 9.17) is 4.42 Å². The van der Waals surface area contributed by atoms with Gasteiger partial charge in [0.1, 0.15) is 11.6 Å². The van der Waals surface area contributed by atoms with Gasteiger partial charge in [-0.3, -0.25) is 10.2 Å². The quantitative estimate of drug-likeness (QED) is 0.886. The molecule has 0 fully saturated rings. The molecule has 2 heterocycles. The fourth-order valence-electron chi connectivity index (χ4n) is 1.98. The number of furan rings is 1. The Balaban J connectivity index is 1.92. The molecule has 0 aromatic carbocycles. The number of aromatic nitrogens is 1. The van der Waals surface area contributed by atoms with E-state index in [2.05, 4.69) is 15.6 Å². The van der Waals surface area contributed by atoms with Crippen molar-refractivity contribution in [2.45, 2.75) is 13.0 Å². The van der Waals surface area contributed by atoms with Crippen molar-refractivity contribution in [2.24, 2.45) is 0 Å². The predicted molar refractivity (Wildman–Crippen MR) is 81.1 cm³/mol. The van der Waals surface area contributed by atoms with E-state index in [-0.39, 0.29) is 12.1 Å². The molecule has 6 nitrogen and oxygen atoms in total. The lowest BCUT2D eigenvalue weighted by molar-refractivity contribution is 0.233. The summed E-state index contributed by atoms with van der Waals surface area (Å²) in [5.41, 5.74) is 0.919. The maximum absolute atomic E-state index is 11.9. The molecule has 0 spiro atoms. The fraction of sp³-hybridized carbons (Fsp3) is 0.333. The number of likely N-dealkylation sites (N-methyl/N-ethyl adjacent to an activating group) is 1. The zero-order valence-corrected chi connectivity index (χ0v) is 12.5. The predicted octanol–water partition coefficient (Wildman–Crippen LogP) is 2.41. The molecule has 0 unspecified atom stereocenters. The van der Waals surface area contributed by atoms with Crippen molar-refractivity contribution in [3.63, 3.8) is 0 Å². The van der Waals surface area contributed by atoms with Crippen LogP contribution in [0.15, 0.2) is 41.1 Å². The van der Waals surface area contributed by atoms with Crippen LogP contribution in [0.3, 0.4) is 0 Å². The first kappa shape index (κ1) is 15.1. The Morgan fingerprint density at radius 3 is 2.81 bits per heavy atom. The number of carbonyl (C=O) groups is 1. The van der Waals surface area contributed by atoms with E-state index in [0.29, 0.717) is 12.4 Å². The topological polar surface area (TPSA) is 70.4 Å². The first-order valence-corrected chi connectivity index (χ1v) is 6.74. The summed E-state index contributed by atoms with van der Waals surface area (Å²) in [6.07, 6.45) is 3.28. The molecular weight excluding hydrogens is 268 g/mol. The smallest absolute Gasteiger partial charge is 0.320 e. The normalized spacial score (nSPS) is 12.2. The summed E-state index contributed by atoms with van der Waals surface area (Å²) in [4.78, 5) is 18.1. The maximum atomic E-state index is 11.9. The number of pyridine rings is 1. The number of amides is 2. The summed E-state index contributed by atoms with van der Waals surface area (Å²) >= 11 is 0. The van der Waals surface area contributed by atoms with Gasteiger partial charge in [-0.1, -0.05) is 6.07 Å². The van der Waals surface area contributed by atoms with E-state index in [9.17, 15) is 4.79 Å². The molecule has 1 atom stereocenters. The number of aryl methyl sites for hydroxylation is 1. The minimum Gasteiger partial charge on any atom is -0.468 e. The van der Waals surface area contributed by atoms with Crippen LogP contribution in [0.5, 0.6) is 0 Å². The van der Waals surface area contributed by atoms with Crippen LogP contribution < -0.4 is 10.6 Å². The van der Waals surface area contributed by atoms with Gasteiger partial charge in [-0.25, -0.2) is 9.78 Å². The highest BCUT2D eigenvalue weighted by molar-refractivity contribution is 5.88. The first-order chi connectivity index (χ1) is 10.1. The maximum Gasteiger partial charge on any atom is 0.320 e. The van der Waals surface area contributed by atoms with Crippen molar-refractivity contribution in [1.82, 2.24) is 15.2 Å². The van der Waals surface area contributed by atoms with Gasteiger partial charge in [0.2, 0.25) is 0 Å². The third-order valence-electron chi connectivity index (χ3n) is 3.19. The summed E-state index contributed by atoms with van der Waals surface area (Å²) in [5, 5.41) is 5.58. The molecule has 2 aromatic rings. The Labute approximate surface area is 124 Å². The van der Waals surface area contributed by atoms with Gasteiger partial charge in [0, 0.05) is 12.7 Å². The number of nitrogens with one attached hydrogen (secondary N) is 2. The number of hydrogen-bond donors (Lipinski definition) is 2. The minimum atomic E-state index is -0.282. The number of nitrogens with zero attached hydrogens (tertiary/aromatic N) is 2. The zero-order valence-electron chi connectivity index (χ0n) is 12.5. The Bertz CT molecular complexity index is 581. The van der Waals surface area contributed by atoms with Crippen LogP contribution in [0, 0.1) is 6.92 Å². The molecule has 21 heavy (non-hydrogen) atoms. The average Bonchev–Trinajstić information content (AvgIpc) is 2.95. The van der Waals surface area contributed by atoms with Gasteiger partial charge in [-0.15, -0.1) is 0 Å². The lowest BCUT2D eigenvalue weighted by Crippen LogP contribution is -2.37. The standard InChI is InChI=1S/C15H20N4O2/c1-11-6-4-8-16-14(11)18-15(20)17-10-12(19(2)3)13-7-5-9-21-13/h4-9,12H,10H2,1-3H3,(H2,16,17,18,20)/t12-/m0/s1. The molecule has 0 aliphatic rings. The molecule has 2 rings (SSSR count). The molecule has 2 aromatic heterocycles. The van der Waals surface area contributed by atoms with Crippen molar-refractivity contribution < 1.29 is 9.21 Å². The third kappa shape index (κ3) is 4.06. The summed E-state index contributed by atoms with van der Waals surface area (Å²) in [5.74, 6) is 1.38. The second kappa shape index (κ2) is 6.90. The van der Waals surface area contributed by atoms with Crippen LogP contribution in [0.4, 0.5) is 10.6 Å². The molecule has 0 bridgehead atoms. The van der Waals surface area contributed by atoms with Crippen molar-refractivity contribution in [2.75, 3.05) is 26.0 Å². The van der Waals surface area contributed by atoms with Gasteiger partial charge in [-0.2, -0.15) is 0 Å². The van der Waals surface area contributed by atoms with Gasteiger partial charge >= 0.3 is 6.03 Å². The Hall–Kier alpha value is -2.34. The van der Waals surface area contributed by atoms with Crippen LogP contribution in [-0.2, 0) is 0 Å². The number of rotatable bonds is 5. The summed E-state index contributed by atoms with van der Waals surface area (Å²) in [6.45, 7) is 2.34. The van der Waals surface area contributed by atoms with Gasteiger partial charge in [-0.05, 0) is 44.8 Å². The van der Waals surface area contributed by atoms with Crippen LogP contribution in [0.2, 0.25) is 0 Å². The van der Waals surface area contributed by atoms with Gasteiger partial charge in [0.25, 0.3) is 0 Å². The van der Waals surface area contributed by atoms with E-state index in [1.807, 2.05) is 50.2 Å². The largest absolute Gasteiger partial charge is 0.468 e. The van der Waals surface area contributed by atoms with Crippen molar-refractivity contribution >= 4 is 11.8 Å². The summed E-state index contributed by atoms with van der Waals surface area (Å²) < 4.78 is 5.40. The minimum absolute atomic E-state index is 0.0180. The van der Waals surface area contributed by atoms with E-state index in [1.165, 1.54) is 0 Å². The second-order valence-electron chi connectivity index (χ2n) is 5.00. The van der Waals surface area contributed by atoms with Gasteiger partial charge < -0.3 is 9.73 Å². The van der Waals surface area contributed by atoms with E-state index >= 15 is 0 Å². The van der Waals surface area contributed by atoms with E-state index < -0.39 is 0 Å². The van der Waals surface area contributed by atoms with Crippen LogP contribution >= 0.6 is 0 Å². The average molecular weight is 288 g/mol. The Morgan fingerprint density at radius 1 is 1.38 bits per heavy atom. The fourth-order valence-corrected chi connectivity index (χ4v) is 1.98. The number of urea groups is 1. The molecule has 0 saturated heterocycles. The lowest BCUT2D eigenvalue weighted by atomic mass is 10.2. The summed E-state index contributed by atoms with van der Waals surface area (Å²) in [6, 6.07) is 7.16. The second-order valence-corrected chi connectivity index (χ2v) is 5.00. The van der Waals surface area contributed by atoms with Crippen LogP contribution in [-0.4, -0.2) is 36.6 Å². The molecule has 2 amide bonds. The van der Waals surface area contributed by atoms with E-state index in [0.717, 1.165) is 11.3 Å². The SMILES string of the molecule is Cc1cccnc1NC(=O)NC[C@@H](c1ccco1)N(C)C. The molecule has 0 aliphatic heterocycles. The third-order valence-corrected chi connectivity index (χ3v) is 3.19. The Morgan fingerprint density at radius 2 is 2.19 bits per heavy atom. The number of hydrogen-bond acceptors (Lipinski definition) is 4. The Kier molecular flexibility index (Phi) is 4.94. The monoisotopic (exact) mass is 288 g/mol. The lowest BCUT2D eigenvalue weighted by Gasteiger charge is -2.22. The van der Waals surface area contributed by atoms with Crippen LogP contribution in [0.25, 0.3) is 0 Å². The van der Waals surface area contributed by atoms with E-state index in [1.54, 1.807) is 12.5 Å². The van der Waals surface area contributed by atoms with Gasteiger partial charge in [0.05, 0.1) is 12.3 Å². The molecule has 112 valence electrons. The highest BCUT2D eigenvalue weighted by atomic mass is 16.3. The molecule has 6 heteroatoms. The number of anilines is 1. The van der Waals surface area contributed by atoms with Crippen molar-refractivity contribution in [1.29, 1.82) is 0 Å². The molecule has 2 N–H and O–H groups in total. The zero-order chi connectivity index (χ0) is 15.2. The van der Waals surface area contributed by atoms with Crippen LogP contribution in [0.1, 0.15) is 17.4 Å². The van der Waals surface area contributed by atoms with Crippen molar-refractivity contribution in [3.8, 4) is 0 Å². The molecule has 0 radical (unpaired) electrons. The van der Waals surface area contributed by atoms with Crippen molar-refractivity contribution in [3.05, 3.63) is 48.0 Å². The van der Waals surface area contributed by atoms with Gasteiger partial charge in [0.15, 0.2) is 0 Å². The first-order valence-electron chi connectivity index (χ1n) is 6.74. The number of carbonyl (C=O) groups excluding carboxylic acids is 1. The highest BCUT2D eigenvalue weighted by Gasteiger charge is 2.18.